The summed E-state index contributed by atoms with van der Waals surface area (Å²) in [5.74, 6) is 0.0103. The molecule has 0 aliphatic carbocycles. The molecule has 0 unspecified atom stereocenters. The first kappa shape index (κ1) is 42.5. The first-order chi connectivity index (χ1) is 24.4. The van der Waals surface area contributed by atoms with E-state index in [0.717, 1.165) is 16.9 Å². The van der Waals surface area contributed by atoms with Crippen LogP contribution >= 0.6 is 10.0 Å². The lowest BCUT2D eigenvalue weighted by molar-refractivity contribution is -0.148. The summed E-state index contributed by atoms with van der Waals surface area (Å²) in [7, 11) is -0.886. The van der Waals surface area contributed by atoms with E-state index in [2.05, 4.69) is 29.4 Å². The highest BCUT2D eigenvalue weighted by molar-refractivity contribution is 8.32. The minimum absolute atomic E-state index is 0.0504. The average Bonchev–Trinajstić information content (AvgIpc) is 3.10. The number of hydrogen-bond donors (Lipinski definition) is 2. The van der Waals surface area contributed by atoms with E-state index < -0.39 is 46.2 Å². The predicted octanol–water partition coefficient (Wildman–Crippen LogP) is 6.80. The van der Waals surface area contributed by atoms with Gasteiger partial charge in [0.25, 0.3) is 0 Å². The van der Waals surface area contributed by atoms with Crippen LogP contribution in [0.5, 0.6) is 5.75 Å². The molecular weight excluding hydrogens is 673 g/mol. The SMILES string of the molecule is CC.CC(C)OC(=O)N[C@@H](CCOc1cccc(C[C@H](NC(=O)OCc2ccccc2)C(=O)OCCS(C)(C)C)c1)C(=O)OCc1ccccc1. The van der Waals surface area contributed by atoms with Gasteiger partial charge in [-0.05, 0) is 61.4 Å². The van der Waals surface area contributed by atoms with Crippen LogP contribution in [0.2, 0.25) is 0 Å². The third kappa shape index (κ3) is 18.2. The second-order valence-corrected chi connectivity index (χ2v) is 17.0. The molecule has 0 aromatic heterocycles. The number of amides is 2. The van der Waals surface area contributed by atoms with E-state index in [-0.39, 0.29) is 45.4 Å². The molecule has 0 saturated carbocycles. The molecule has 0 heterocycles. The molecule has 51 heavy (non-hydrogen) atoms. The van der Waals surface area contributed by atoms with Crippen LogP contribution in [0.4, 0.5) is 9.59 Å². The van der Waals surface area contributed by atoms with Crippen LogP contribution in [-0.4, -0.2) is 80.0 Å². The van der Waals surface area contributed by atoms with Crippen molar-refractivity contribution in [1.82, 2.24) is 10.6 Å². The topological polar surface area (TPSA) is 138 Å². The van der Waals surface area contributed by atoms with E-state index in [4.69, 9.17) is 23.7 Å². The number of ether oxygens (including phenoxy) is 5. The van der Waals surface area contributed by atoms with Gasteiger partial charge in [-0.2, -0.15) is 0 Å². The number of carbonyl (C=O) groups excluding carboxylic acids is 4. The number of carbonyl (C=O) groups is 4. The highest BCUT2D eigenvalue weighted by Gasteiger charge is 2.26. The van der Waals surface area contributed by atoms with Crippen molar-refractivity contribution in [3.8, 4) is 5.75 Å². The Balaban J connectivity index is 0.00000442. The van der Waals surface area contributed by atoms with Crippen molar-refractivity contribution in [2.24, 2.45) is 0 Å². The van der Waals surface area contributed by atoms with Gasteiger partial charge >= 0.3 is 24.1 Å². The summed E-state index contributed by atoms with van der Waals surface area (Å²) in [6, 6.07) is 23.4. The van der Waals surface area contributed by atoms with E-state index in [1.54, 1.807) is 38.1 Å². The first-order valence-electron chi connectivity index (χ1n) is 17.1. The molecule has 0 spiro atoms. The van der Waals surface area contributed by atoms with Crippen molar-refractivity contribution in [2.75, 3.05) is 37.7 Å². The zero-order valence-corrected chi connectivity index (χ0v) is 31.7. The fourth-order valence-electron chi connectivity index (χ4n) is 4.35. The number of nitrogens with one attached hydrogen (secondary N) is 2. The number of esters is 2. The summed E-state index contributed by atoms with van der Waals surface area (Å²) in [4.78, 5) is 51.1. The van der Waals surface area contributed by atoms with Crippen LogP contribution in [0, 0.1) is 0 Å². The van der Waals surface area contributed by atoms with Crippen molar-refractivity contribution >= 4 is 34.2 Å². The van der Waals surface area contributed by atoms with Gasteiger partial charge in [0.05, 0.1) is 19.3 Å². The summed E-state index contributed by atoms with van der Waals surface area (Å²) in [5.41, 5.74) is 2.32. The minimum atomic E-state index is -1.02. The van der Waals surface area contributed by atoms with Crippen LogP contribution < -0.4 is 15.4 Å². The second-order valence-electron chi connectivity index (χ2n) is 12.5. The molecule has 2 amide bonds. The van der Waals surface area contributed by atoms with Gasteiger partial charge in [0.1, 0.15) is 31.0 Å². The van der Waals surface area contributed by atoms with Gasteiger partial charge < -0.3 is 34.3 Å². The number of benzene rings is 3. The standard InChI is InChI=1S/C37H48N2O9S.C2H6/c1-27(2)48-37(43)38-32(34(40)46-25-28-13-8-6-9-14-28)19-20-44-31-18-12-17-30(23-31)24-33(35(41)45-21-22-49(3,4)5)39-36(42)47-26-29-15-10-7-11-16-29;1-2/h6-18,23,27,32-33H,19-22,24-26H2,1-5H3,(H,38,43)(H,39,42);1-2H3/t32-,33-;/m0./s1. The minimum Gasteiger partial charge on any atom is -0.493 e. The molecular formula is C39H54N2O9S. The molecule has 2 N–H and O–H groups in total. The molecule has 0 fully saturated rings. The smallest absolute Gasteiger partial charge is 0.408 e. The van der Waals surface area contributed by atoms with Gasteiger partial charge in [0.2, 0.25) is 0 Å². The first-order valence-corrected chi connectivity index (χ1v) is 20.1. The maximum atomic E-state index is 13.1. The zero-order chi connectivity index (χ0) is 37.6. The number of alkyl carbamates (subject to hydrolysis) is 2. The maximum absolute atomic E-state index is 13.1. The normalized spacial score (nSPS) is 12.2. The molecule has 3 aromatic carbocycles. The Morgan fingerprint density at radius 2 is 1.20 bits per heavy atom. The van der Waals surface area contributed by atoms with Crippen LogP contribution in [0.3, 0.4) is 0 Å². The summed E-state index contributed by atoms with van der Waals surface area (Å²) >= 11 is 0. The second kappa shape index (κ2) is 22.9. The van der Waals surface area contributed by atoms with Gasteiger partial charge in [0.15, 0.2) is 0 Å². The third-order valence-electron chi connectivity index (χ3n) is 6.89. The Morgan fingerprint density at radius 3 is 1.78 bits per heavy atom. The molecule has 12 heteroatoms. The summed E-state index contributed by atoms with van der Waals surface area (Å²) in [6.07, 6.45) is 4.76. The molecule has 0 radical (unpaired) electrons. The monoisotopic (exact) mass is 726 g/mol. The van der Waals surface area contributed by atoms with E-state index in [1.165, 1.54) is 0 Å². The van der Waals surface area contributed by atoms with Crippen LogP contribution in [0.1, 0.15) is 50.8 Å². The van der Waals surface area contributed by atoms with Gasteiger partial charge in [-0.1, -0.05) is 86.6 Å². The highest BCUT2D eigenvalue weighted by Crippen LogP contribution is 2.33. The molecule has 280 valence electrons. The summed E-state index contributed by atoms with van der Waals surface area (Å²) in [6.45, 7) is 7.81. The van der Waals surface area contributed by atoms with E-state index in [9.17, 15) is 19.2 Å². The lowest BCUT2D eigenvalue weighted by Crippen LogP contribution is -2.44. The van der Waals surface area contributed by atoms with Gasteiger partial charge in [-0.15, -0.1) is 0 Å². The van der Waals surface area contributed by atoms with Gasteiger partial charge in [0, 0.05) is 18.6 Å². The van der Waals surface area contributed by atoms with Crippen LogP contribution in [-0.2, 0) is 48.2 Å². The fourth-order valence-corrected chi connectivity index (χ4v) is 4.94. The molecule has 3 aromatic rings. The Bertz CT molecular complexity index is 1480. The maximum Gasteiger partial charge on any atom is 0.408 e. The van der Waals surface area contributed by atoms with Crippen molar-refractivity contribution in [2.45, 2.75) is 71.9 Å². The molecule has 0 bridgehead atoms. The van der Waals surface area contributed by atoms with Crippen molar-refractivity contribution < 1.29 is 42.9 Å². The van der Waals surface area contributed by atoms with Crippen LogP contribution in [0.15, 0.2) is 84.9 Å². The number of rotatable bonds is 18. The Morgan fingerprint density at radius 1 is 0.647 bits per heavy atom. The van der Waals surface area contributed by atoms with Crippen LogP contribution in [0.25, 0.3) is 0 Å². The van der Waals surface area contributed by atoms with Crippen molar-refractivity contribution in [3.63, 3.8) is 0 Å². The Hall–Kier alpha value is -4.71. The lowest BCUT2D eigenvalue weighted by Gasteiger charge is -2.25. The highest BCUT2D eigenvalue weighted by atomic mass is 32.3. The van der Waals surface area contributed by atoms with E-state index in [0.29, 0.717) is 11.3 Å². The average molecular weight is 727 g/mol. The molecule has 0 aliphatic rings. The van der Waals surface area contributed by atoms with Crippen molar-refractivity contribution in [1.29, 1.82) is 0 Å². The zero-order valence-electron chi connectivity index (χ0n) is 30.8. The molecule has 2 atom stereocenters. The van der Waals surface area contributed by atoms with E-state index in [1.807, 2.05) is 74.5 Å². The quantitative estimate of drug-likeness (QED) is 0.107. The predicted molar refractivity (Wildman–Crippen MR) is 201 cm³/mol. The van der Waals surface area contributed by atoms with E-state index >= 15 is 0 Å². The molecule has 11 nitrogen and oxygen atoms in total. The molecule has 0 saturated heterocycles. The molecule has 0 aliphatic heterocycles. The largest absolute Gasteiger partial charge is 0.493 e. The van der Waals surface area contributed by atoms with Crippen molar-refractivity contribution in [3.05, 3.63) is 102 Å². The summed E-state index contributed by atoms with van der Waals surface area (Å²) < 4.78 is 27.5. The van der Waals surface area contributed by atoms with Gasteiger partial charge in [-0.3, -0.25) is 0 Å². The Kier molecular flexibility index (Phi) is 19.1. The third-order valence-corrected chi connectivity index (χ3v) is 8.28. The Labute approximate surface area is 304 Å². The molecule has 3 rings (SSSR count). The number of hydrogen-bond acceptors (Lipinski definition) is 9. The summed E-state index contributed by atoms with van der Waals surface area (Å²) in [5, 5.41) is 5.22. The van der Waals surface area contributed by atoms with Gasteiger partial charge in [-0.25, -0.2) is 29.2 Å². The fraction of sp³-hybridized carbons (Fsp3) is 0.436. The lowest BCUT2D eigenvalue weighted by atomic mass is 10.1.